The first kappa shape index (κ1) is 8.52. The third-order valence-corrected chi connectivity index (χ3v) is 2.22. The fraction of sp³-hybridized carbons (Fsp3) is 0.167. The van der Waals surface area contributed by atoms with E-state index in [1.165, 1.54) is 18.4 Å². The van der Waals surface area contributed by atoms with E-state index in [2.05, 4.69) is 10.3 Å². The zero-order chi connectivity index (χ0) is 8.27. The Bertz CT molecular complexity index is 261. The number of hydroxylamine groups is 1. The Morgan fingerprint density at radius 1 is 1.73 bits per heavy atom. The van der Waals surface area contributed by atoms with Crippen molar-refractivity contribution in [2.75, 3.05) is 7.11 Å². The Morgan fingerprint density at radius 2 is 2.45 bits per heavy atom. The van der Waals surface area contributed by atoms with E-state index in [9.17, 15) is 4.79 Å². The molecule has 0 unspecified atom stereocenters. The lowest BCUT2D eigenvalue weighted by molar-refractivity contribution is 0.0542. The van der Waals surface area contributed by atoms with Crippen LogP contribution in [0.5, 0.6) is 0 Å². The molecule has 0 fully saturated rings. The monoisotopic (exact) mass is 191 g/mol. The van der Waals surface area contributed by atoms with E-state index < -0.39 is 0 Å². The predicted octanol–water partition coefficient (Wildman–Crippen LogP) is 1.69. The highest BCUT2D eigenvalue weighted by Gasteiger charge is 2.06. The van der Waals surface area contributed by atoms with E-state index in [0.717, 1.165) is 0 Å². The van der Waals surface area contributed by atoms with Crippen LogP contribution >= 0.6 is 22.9 Å². The molecular weight excluding hydrogens is 186 g/mol. The summed E-state index contributed by atoms with van der Waals surface area (Å²) in [7, 11) is 1.38. The average Bonchev–Trinajstić information content (AvgIpc) is 2.36. The second kappa shape index (κ2) is 3.71. The van der Waals surface area contributed by atoms with Crippen LogP contribution in [-0.4, -0.2) is 13.0 Å². The van der Waals surface area contributed by atoms with Crippen molar-refractivity contribution in [1.82, 2.24) is 5.48 Å². The van der Waals surface area contributed by atoms with Gasteiger partial charge in [-0.05, 0) is 12.1 Å². The van der Waals surface area contributed by atoms with Gasteiger partial charge in [-0.15, -0.1) is 11.3 Å². The van der Waals surface area contributed by atoms with Crippen LogP contribution in [0.3, 0.4) is 0 Å². The highest BCUT2D eigenvalue weighted by atomic mass is 35.5. The molecule has 0 aliphatic heterocycles. The maximum atomic E-state index is 11.0. The van der Waals surface area contributed by atoms with Gasteiger partial charge in [0.2, 0.25) is 0 Å². The van der Waals surface area contributed by atoms with Gasteiger partial charge in [0.25, 0.3) is 5.91 Å². The molecule has 1 rings (SSSR count). The van der Waals surface area contributed by atoms with Crippen molar-refractivity contribution < 1.29 is 9.63 Å². The SMILES string of the molecule is CONC(=O)c1ccc(Cl)s1. The fourth-order valence-corrected chi connectivity index (χ4v) is 1.51. The second-order valence-electron chi connectivity index (χ2n) is 1.74. The molecule has 1 heterocycles. The molecule has 1 aromatic heterocycles. The molecule has 1 amide bonds. The number of rotatable bonds is 2. The van der Waals surface area contributed by atoms with Crippen LogP contribution < -0.4 is 5.48 Å². The minimum atomic E-state index is -0.274. The Morgan fingerprint density at radius 3 is 2.91 bits per heavy atom. The number of nitrogens with one attached hydrogen (secondary N) is 1. The summed E-state index contributed by atoms with van der Waals surface area (Å²) in [6.45, 7) is 0. The molecule has 0 atom stereocenters. The van der Waals surface area contributed by atoms with Gasteiger partial charge in [-0.25, -0.2) is 5.48 Å². The van der Waals surface area contributed by atoms with Crippen molar-refractivity contribution >= 4 is 28.8 Å². The maximum absolute atomic E-state index is 11.0. The number of halogens is 1. The van der Waals surface area contributed by atoms with E-state index in [0.29, 0.717) is 9.21 Å². The fourth-order valence-electron chi connectivity index (χ4n) is 0.579. The first-order valence-corrected chi connectivity index (χ1v) is 4.02. The Kier molecular flexibility index (Phi) is 2.87. The average molecular weight is 192 g/mol. The van der Waals surface area contributed by atoms with E-state index in [1.54, 1.807) is 12.1 Å². The van der Waals surface area contributed by atoms with Gasteiger partial charge in [-0.1, -0.05) is 11.6 Å². The van der Waals surface area contributed by atoms with Gasteiger partial charge in [0.15, 0.2) is 0 Å². The van der Waals surface area contributed by atoms with Crippen molar-refractivity contribution in [3.8, 4) is 0 Å². The van der Waals surface area contributed by atoms with Crippen LogP contribution in [0, 0.1) is 0 Å². The number of thiophene rings is 1. The molecule has 0 aliphatic carbocycles. The summed E-state index contributed by atoms with van der Waals surface area (Å²) in [4.78, 5) is 15.9. The van der Waals surface area contributed by atoms with Gasteiger partial charge in [-0.3, -0.25) is 9.63 Å². The topological polar surface area (TPSA) is 38.3 Å². The largest absolute Gasteiger partial charge is 0.284 e. The van der Waals surface area contributed by atoms with Crippen molar-refractivity contribution in [3.63, 3.8) is 0 Å². The van der Waals surface area contributed by atoms with Crippen molar-refractivity contribution in [2.45, 2.75) is 0 Å². The lowest BCUT2D eigenvalue weighted by Crippen LogP contribution is -2.20. The van der Waals surface area contributed by atoms with Crippen molar-refractivity contribution in [2.24, 2.45) is 0 Å². The number of hydrogen-bond donors (Lipinski definition) is 1. The summed E-state index contributed by atoms with van der Waals surface area (Å²) >= 11 is 6.81. The molecule has 0 aliphatic rings. The zero-order valence-corrected chi connectivity index (χ0v) is 7.33. The van der Waals surface area contributed by atoms with Gasteiger partial charge in [-0.2, -0.15) is 0 Å². The molecule has 0 spiro atoms. The van der Waals surface area contributed by atoms with Gasteiger partial charge in [0, 0.05) is 0 Å². The zero-order valence-electron chi connectivity index (χ0n) is 5.76. The third-order valence-electron chi connectivity index (χ3n) is 0.992. The number of carbonyl (C=O) groups excluding carboxylic acids is 1. The van der Waals surface area contributed by atoms with E-state index in [-0.39, 0.29) is 5.91 Å². The first-order valence-electron chi connectivity index (χ1n) is 2.82. The molecule has 3 nitrogen and oxygen atoms in total. The molecule has 0 radical (unpaired) electrons. The van der Waals surface area contributed by atoms with Gasteiger partial charge < -0.3 is 0 Å². The summed E-state index contributed by atoms with van der Waals surface area (Å²) in [5, 5.41) is 0. The van der Waals surface area contributed by atoms with Crippen LogP contribution in [0.25, 0.3) is 0 Å². The number of hydrogen-bond acceptors (Lipinski definition) is 3. The lowest BCUT2D eigenvalue weighted by atomic mass is 10.5. The van der Waals surface area contributed by atoms with Crippen molar-refractivity contribution in [3.05, 3.63) is 21.3 Å². The van der Waals surface area contributed by atoms with Crippen molar-refractivity contribution in [1.29, 1.82) is 0 Å². The maximum Gasteiger partial charge on any atom is 0.284 e. The Labute approximate surface area is 72.9 Å². The number of carbonyl (C=O) groups is 1. The summed E-state index contributed by atoms with van der Waals surface area (Å²) in [6.07, 6.45) is 0. The third kappa shape index (κ3) is 2.18. The van der Waals surface area contributed by atoms with E-state index in [1.807, 2.05) is 0 Å². The highest BCUT2D eigenvalue weighted by molar-refractivity contribution is 7.17. The minimum absolute atomic E-state index is 0.274. The summed E-state index contributed by atoms with van der Waals surface area (Å²) < 4.78 is 0.589. The Hall–Kier alpha value is -0.580. The van der Waals surface area contributed by atoms with Crippen LogP contribution in [0.4, 0.5) is 0 Å². The van der Waals surface area contributed by atoms with E-state index in [4.69, 9.17) is 11.6 Å². The first-order chi connectivity index (χ1) is 5.24. The van der Waals surface area contributed by atoms with Crippen LogP contribution in [0.15, 0.2) is 12.1 Å². The molecule has 1 aromatic rings. The molecule has 11 heavy (non-hydrogen) atoms. The highest BCUT2D eigenvalue weighted by Crippen LogP contribution is 2.20. The lowest BCUT2D eigenvalue weighted by Gasteiger charge is -1.96. The van der Waals surface area contributed by atoms with Gasteiger partial charge >= 0.3 is 0 Å². The number of amides is 1. The van der Waals surface area contributed by atoms with Crippen LogP contribution in [-0.2, 0) is 4.84 Å². The molecule has 0 bridgehead atoms. The summed E-state index contributed by atoms with van der Waals surface area (Å²) in [5.74, 6) is -0.274. The molecular formula is C6H6ClNO2S. The second-order valence-corrected chi connectivity index (χ2v) is 3.45. The molecule has 0 saturated heterocycles. The predicted molar refractivity (Wildman–Crippen MR) is 43.8 cm³/mol. The normalized spacial score (nSPS) is 9.64. The summed E-state index contributed by atoms with van der Waals surface area (Å²) in [6, 6.07) is 3.30. The molecule has 5 heteroatoms. The standard InChI is InChI=1S/C6H6ClNO2S/c1-10-8-6(9)4-2-3-5(7)11-4/h2-3H,1H3,(H,8,9). The summed E-state index contributed by atoms with van der Waals surface area (Å²) in [5.41, 5.74) is 2.19. The molecule has 0 aromatic carbocycles. The quantitative estimate of drug-likeness (QED) is 0.723. The smallest absolute Gasteiger partial charge is 0.277 e. The minimum Gasteiger partial charge on any atom is -0.277 e. The van der Waals surface area contributed by atoms with E-state index >= 15 is 0 Å². The van der Waals surface area contributed by atoms with Crippen LogP contribution in [0.1, 0.15) is 9.67 Å². The molecule has 1 N–H and O–H groups in total. The van der Waals surface area contributed by atoms with Gasteiger partial charge in [0.05, 0.1) is 16.3 Å². The van der Waals surface area contributed by atoms with Gasteiger partial charge in [0.1, 0.15) is 0 Å². The Balaban J connectivity index is 2.69. The van der Waals surface area contributed by atoms with Crippen LogP contribution in [0.2, 0.25) is 4.34 Å². The molecule has 60 valence electrons. The molecule has 0 saturated carbocycles.